The highest BCUT2D eigenvalue weighted by atomic mass is 16.7. The van der Waals surface area contributed by atoms with Crippen LogP contribution in [0.1, 0.15) is 52.3 Å². The van der Waals surface area contributed by atoms with E-state index in [9.17, 15) is 0 Å². The third kappa shape index (κ3) is 1.81. The van der Waals surface area contributed by atoms with Crippen molar-refractivity contribution in [1.29, 1.82) is 0 Å². The van der Waals surface area contributed by atoms with Gasteiger partial charge in [-0.25, -0.2) is 4.98 Å². The Kier molecular flexibility index (Phi) is 2.23. The average Bonchev–Trinajstić information content (AvgIpc) is 2.89. The summed E-state index contributed by atoms with van der Waals surface area (Å²) in [5.41, 5.74) is 0.109. The molecule has 0 aromatic carbocycles. The molecular formula is C12H18BNO3. The van der Waals surface area contributed by atoms with Gasteiger partial charge in [0.25, 0.3) is 0 Å². The van der Waals surface area contributed by atoms with Gasteiger partial charge in [-0.3, -0.25) is 0 Å². The first-order valence-electron chi connectivity index (χ1n) is 6.20. The largest absolute Gasteiger partial charge is 0.517 e. The normalized spacial score (nSPS) is 26.5. The molecule has 0 bridgehead atoms. The Balaban J connectivity index is 1.81. The first kappa shape index (κ1) is 11.3. The number of hydrogen-bond donors (Lipinski definition) is 0. The Morgan fingerprint density at radius 3 is 2.29 bits per heavy atom. The van der Waals surface area contributed by atoms with Gasteiger partial charge in [-0.05, 0) is 40.5 Å². The highest BCUT2D eigenvalue weighted by Crippen LogP contribution is 2.39. The Hall–Kier alpha value is -0.805. The maximum absolute atomic E-state index is 5.92. The van der Waals surface area contributed by atoms with Gasteiger partial charge in [-0.2, -0.15) is 0 Å². The summed E-state index contributed by atoms with van der Waals surface area (Å²) in [6.07, 6.45) is 4.03. The lowest BCUT2D eigenvalue weighted by Crippen LogP contribution is -2.41. The molecule has 1 aromatic heterocycles. The van der Waals surface area contributed by atoms with E-state index >= 15 is 0 Å². The smallest absolute Gasteiger partial charge is 0.449 e. The van der Waals surface area contributed by atoms with E-state index in [1.807, 2.05) is 27.7 Å². The van der Waals surface area contributed by atoms with Crippen LogP contribution in [0.2, 0.25) is 0 Å². The lowest BCUT2D eigenvalue weighted by Gasteiger charge is -2.32. The molecule has 1 saturated carbocycles. The van der Waals surface area contributed by atoms with Crippen LogP contribution in [0.25, 0.3) is 0 Å². The summed E-state index contributed by atoms with van der Waals surface area (Å²) in [6.45, 7) is 8.15. The van der Waals surface area contributed by atoms with Gasteiger partial charge in [0.2, 0.25) is 0 Å². The van der Waals surface area contributed by atoms with Crippen molar-refractivity contribution < 1.29 is 13.7 Å². The molecule has 0 N–H and O–H groups in total. The van der Waals surface area contributed by atoms with Crippen molar-refractivity contribution in [1.82, 2.24) is 4.98 Å². The van der Waals surface area contributed by atoms with Crippen molar-refractivity contribution in [2.75, 3.05) is 0 Å². The lowest BCUT2D eigenvalue weighted by atomic mass is 9.86. The molecule has 0 atom stereocenters. The third-order valence-corrected chi connectivity index (χ3v) is 3.96. The molecule has 5 heteroatoms. The van der Waals surface area contributed by atoms with Gasteiger partial charge in [-0.15, -0.1) is 0 Å². The molecule has 0 unspecified atom stereocenters. The molecule has 1 saturated heterocycles. The Labute approximate surface area is 102 Å². The number of oxazole rings is 1. The number of aromatic nitrogens is 1. The molecule has 3 rings (SSSR count). The summed E-state index contributed by atoms with van der Waals surface area (Å²) < 4.78 is 17.3. The highest BCUT2D eigenvalue weighted by Gasteiger charge is 2.53. The molecular weight excluding hydrogens is 217 g/mol. The van der Waals surface area contributed by atoms with Gasteiger partial charge in [-0.1, -0.05) is 0 Å². The standard InChI is InChI=1S/C12H18BNO3/c1-11(2)12(3,4)17-13(16-11)9-7-15-10(14-9)8-5-6-8/h7-8H,5-6H2,1-4H3. The van der Waals surface area contributed by atoms with E-state index < -0.39 is 7.12 Å². The van der Waals surface area contributed by atoms with Crippen LogP contribution in [-0.4, -0.2) is 23.3 Å². The van der Waals surface area contributed by atoms with Crippen LogP contribution in [-0.2, 0) is 9.31 Å². The Bertz CT molecular complexity index is 421. The topological polar surface area (TPSA) is 44.5 Å². The molecule has 0 spiro atoms. The maximum Gasteiger partial charge on any atom is 0.517 e. The number of hydrogen-bond acceptors (Lipinski definition) is 4. The van der Waals surface area contributed by atoms with Crippen molar-refractivity contribution in [3.63, 3.8) is 0 Å². The molecule has 1 aliphatic heterocycles. The van der Waals surface area contributed by atoms with Crippen molar-refractivity contribution in [3.05, 3.63) is 12.2 Å². The van der Waals surface area contributed by atoms with Crippen LogP contribution in [0, 0.1) is 0 Å². The molecule has 2 heterocycles. The van der Waals surface area contributed by atoms with Crippen LogP contribution in [0.5, 0.6) is 0 Å². The van der Waals surface area contributed by atoms with E-state index in [0.29, 0.717) is 5.92 Å². The van der Waals surface area contributed by atoms with Crippen molar-refractivity contribution in [3.8, 4) is 0 Å². The minimum absolute atomic E-state index is 0.323. The van der Waals surface area contributed by atoms with Gasteiger partial charge in [0.15, 0.2) is 5.89 Å². The van der Waals surface area contributed by atoms with E-state index in [1.54, 1.807) is 6.26 Å². The molecule has 0 amide bonds. The zero-order chi connectivity index (χ0) is 12.3. The first-order valence-corrected chi connectivity index (χ1v) is 6.20. The minimum Gasteiger partial charge on any atom is -0.449 e. The van der Waals surface area contributed by atoms with Crippen molar-refractivity contribution in [2.24, 2.45) is 0 Å². The second-order valence-electron chi connectivity index (χ2n) is 5.97. The van der Waals surface area contributed by atoms with E-state index in [0.717, 1.165) is 11.5 Å². The Morgan fingerprint density at radius 1 is 1.18 bits per heavy atom. The van der Waals surface area contributed by atoms with Gasteiger partial charge in [0.1, 0.15) is 11.9 Å². The summed E-state index contributed by atoms with van der Waals surface area (Å²) in [5, 5.41) is 0. The van der Waals surface area contributed by atoms with Crippen molar-refractivity contribution >= 4 is 12.7 Å². The number of nitrogens with zero attached hydrogens (tertiary/aromatic N) is 1. The second kappa shape index (κ2) is 3.36. The van der Waals surface area contributed by atoms with E-state index in [-0.39, 0.29) is 11.2 Å². The molecule has 17 heavy (non-hydrogen) atoms. The van der Waals surface area contributed by atoms with Crippen LogP contribution >= 0.6 is 0 Å². The first-order chi connectivity index (χ1) is 7.89. The molecule has 0 radical (unpaired) electrons. The van der Waals surface area contributed by atoms with Crippen LogP contribution in [0.15, 0.2) is 10.7 Å². The summed E-state index contributed by atoms with van der Waals surface area (Å²) in [6, 6.07) is 0. The monoisotopic (exact) mass is 235 g/mol. The van der Waals surface area contributed by atoms with Gasteiger partial charge >= 0.3 is 7.12 Å². The average molecular weight is 235 g/mol. The lowest BCUT2D eigenvalue weighted by molar-refractivity contribution is 0.00578. The minimum atomic E-state index is -0.406. The predicted octanol–water partition coefficient (Wildman–Crippen LogP) is 1.85. The quantitative estimate of drug-likeness (QED) is 0.734. The molecule has 1 aliphatic carbocycles. The van der Waals surface area contributed by atoms with Gasteiger partial charge in [0.05, 0.1) is 11.2 Å². The summed E-state index contributed by atoms with van der Waals surface area (Å²) in [4.78, 5) is 4.47. The zero-order valence-electron chi connectivity index (χ0n) is 10.8. The summed E-state index contributed by atoms with van der Waals surface area (Å²) in [5.74, 6) is 1.35. The maximum atomic E-state index is 5.92. The number of rotatable bonds is 2. The fourth-order valence-electron chi connectivity index (χ4n) is 1.89. The zero-order valence-corrected chi connectivity index (χ0v) is 10.8. The van der Waals surface area contributed by atoms with E-state index in [4.69, 9.17) is 13.7 Å². The molecule has 92 valence electrons. The summed E-state index contributed by atoms with van der Waals surface area (Å²) >= 11 is 0. The van der Waals surface area contributed by atoms with E-state index in [1.165, 1.54) is 12.8 Å². The van der Waals surface area contributed by atoms with Gasteiger partial charge in [0, 0.05) is 5.92 Å². The van der Waals surface area contributed by atoms with Crippen LogP contribution in [0.4, 0.5) is 0 Å². The molecule has 4 nitrogen and oxygen atoms in total. The van der Waals surface area contributed by atoms with Crippen molar-refractivity contribution in [2.45, 2.75) is 57.7 Å². The Morgan fingerprint density at radius 2 is 1.76 bits per heavy atom. The molecule has 2 aliphatic rings. The van der Waals surface area contributed by atoms with Crippen LogP contribution in [0.3, 0.4) is 0 Å². The molecule has 1 aromatic rings. The van der Waals surface area contributed by atoms with E-state index in [2.05, 4.69) is 4.98 Å². The van der Waals surface area contributed by atoms with Crippen LogP contribution < -0.4 is 5.59 Å². The predicted molar refractivity (Wildman–Crippen MR) is 64.2 cm³/mol. The van der Waals surface area contributed by atoms with Gasteiger partial charge < -0.3 is 13.7 Å². The highest BCUT2D eigenvalue weighted by molar-refractivity contribution is 6.61. The second-order valence-corrected chi connectivity index (χ2v) is 5.97. The fourth-order valence-corrected chi connectivity index (χ4v) is 1.89. The SMILES string of the molecule is CC1(C)OB(c2coc(C3CC3)n2)OC1(C)C. The summed E-state index contributed by atoms with van der Waals surface area (Å²) in [7, 11) is -0.406. The third-order valence-electron chi connectivity index (χ3n) is 3.96. The fraction of sp³-hybridized carbons (Fsp3) is 0.750. The molecule has 2 fully saturated rings.